The zero-order valence-electron chi connectivity index (χ0n) is 11.6. The van der Waals surface area contributed by atoms with Crippen molar-refractivity contribution in [2.24, 2.45) is 11.8 Å². The van der Waals surface area contributed by atoms with E-state index in [9.17, 15) is 0 Å². The molecule has 0 spiro atoms. The lowest BCUT2D eigenvalue weighted by atomic mass is 9.88. The molecule has 0 radical (unpaired) electrons. The first-order chi connectivity index (χ1) is 7.77. The van der Waals surface area contributed by atoms with E-state index >= 15 is 0 Å². The first-order valence-corrected chi connectivity index (χ1v) is 7.51. The van der Waals surface area contributed by atoms with E-state index in [1.807, 2.05) is 0 Å². The van der Waals surface area contributed by atoms with Crippen LogP contribution in [-0.2, 0) is 0 Å². The van der Waals surface area contributed by atoms with E-state index in [1.165, 1.54) is 57.9 Å². The van der Waals surface area contributed by atoms with Crippen LogP contribution in [-0.4, -0.2) is 12.6 Å². The van der Waals surface area contributed by atoms with Crippen molar-refractivity contribution in [2.45, 2.75) is 78.2 Å². The van der Waals surface area contributed by atoms with E-state index in [0.717, 1.165) is 17.9 Å². The second-order valence-corrected chi connectivity index (χ2v) is 5.72. The summed E-state index contributed by atoms with van der Waals surface area (Å²) in [5.74, 6) is 1.93. The zero-order valence-corrected chi connectivity index (χ0v) is 11.6. The second-order valence-electron chi connectivity index (χ2n) is 5.72. The van der Waals surface area contributed by atoms with Gasteiger partial charge in [0.1, 0.15) is 0 Å². The van der Waals surface area contributed by atoms with Gasteiger partial charge in [0.05, 0.1) is 0 Å². The van der Waals surface area contributed by atoms with Crippen molar-refractivity contribution < 1.29 is 0 Å². The Balaban J connectivity index is 2.41. The zero-order chi connectivity index (χ0) is 11.8. The molecule has 0 aromatic heterocycles. The van der Waals surface area contributed by atoms with Gasteiger partial charge in [-0.1, -0.05) is 46.5 Å². The average molecular weight is 225 g/mol. The Morgan fingerprint density at radius 3 is 2.56 bits per heavy atom. The smallest absolute Gasteiger partial charge is 0.00952 e. The maximum Gasteiger partial charge on any atom is 0.00952 e. The highest BCUT2D eigenvalue weighted by Crippen LogP contribution is 2.30. The van der Waals surface area contributed by atoms with Gasteiger partial charge in [-0.05, 0) is 44.1 Å². The van der Waals surface area contributed by atoms with Crippen LogP contribution in [0.15, 0.2) is 0 Å². The Bertz CT molecular complexity index is 165. The number of rotatable bonds is 6. The van der Waals surface area contributed by atoms with Gasteiger partial charge in [-0.15, -0.1) is 0 Å². The highest BCUT2D eigenvalue weighted by Gasteiger charge is 2.23. The largest absolute Gasteiger partial charge is 0.314 e. The summed E-state index contributed by atoms with van der Waals surface area (Å²) in [7, 11) is 0. The first kappa shape index (κ1) is 14.0. The maximum atomic E-state index is 3.78. The third kappa shape index (κ3) is 4.86. The molecule has 1 aliphatic rings. The Morgan fingerprint density at radius 2 is 1.88 bits per heavy atom. The third-order valence-corrected chi connectivity index (χ3v) is 4.13. The van der Waals surface area contributed by atoms with Crippen molar-refractivity contribution in [1.82, 2.24) is 5.32 Å². The Kier molecular flexibility index (Phi) is 7.11. The van der Waals surface area contributed by atoms with Crippen LogP contribution in [0.4, 0.5) is 0 Å². The van der Waals surface area contributed by atoms with E-state index in [2.05, 4.69) is 26.1 Å². The summed E-state index contributed by atoms with van der Waals surface area (Å²) < 4.78 is 0. The number of nitrogens with one attached hydrogen (secondary N) is 1. The molecule has 1 rings (SSSR count). The van der Waals surface area contributed by atoms with Crippen LogP contribution in [0, 0.1) is 11.8 Å². The van der Waals surface area contributed by atoms with E-state index in [-0.39, 0.29) is 0 Å². The quantitative estimate of drug-likeness (QED) is 0.662. The molecule has 1 fully saturated rings. The van der Waals surface area contributed by atoms with Crippen molar-refractivity contribution >= 4 is 0 Å². The van der Waals surface area contributed by atoms with Gasteiger partial charge in [0.15, 0.2) is 0 Å². The molecule has 16 heavy (non-hydrogen) atoms. The summed E-state index contributed by atoms with van der Waals surface area (Å²) in [6.07, 6.45) is 11.3. The lowest BCUT2D eigenvalue weighted by Crippen LogP contribution is -2.36. The average Bonchev–Trinajstić information content (AvgIpc) is 2.49. The minimum absolute atomic E-state index is 0.801. The lowest BCUT2D eigenvalue weighted by molar-refractivity contribution is 0.300. The summed E-state index contributed by atoms with van der Waals surface area (Å²) in [5, 5.41) is 3.78. The fourth-order valence-electron chi connectivity index (χ4n) is 3.06. The highest BCUT2D eigenvalue weighted by atomic mass is 14.9. The van der Waals surface area contributed by atoms with Crippen LogP contribution in [0.3, 0.4) is 0 Å². The molecule has 0 aromatic carbocycles. The Labute approximate surface area is 102 Å². The van der Waals surface area contributed by atoms with Crippen LogP contribution in [0.25, 0.3) is 0 Å². The molecule has 1 heteroatoms. The number of hydrogen-bond donors (Lipinski definition) is 1. The monoisotopic (exact) mass is 225 g/mol. The summed E-state index contributed by atoms with van der Waals surface area (Å²) >= 11 is 0. The lowest BCUT2D eigenvalue weighted by Gasteiger charge is -2.27. The SMILES string of the molecule is CCCNC(CCC)C1CCCC(C)CC1. The van der Waals surface area contributed by atoms with E-state index < -0.39 is 0 Å². The molecule has 1 N–H and O–H groups in total. The van der Waals surface area contributed by atoms with Crippen LogP contribution >= 0.6 is 0 Å². The van der Waals surface area contributed by atoms with Gasteiger partial charge in [0.2, 0.25) is 0 Å². The molecule has 0 bridgehead atoms. The molecule has 1 saturated carbocycles. The maximum absolute atomic E-state index is 3.78. The molecule has 0 aliphatic heterocycles. The van der Waals surface area contributed by atoms with Gasteiger partial charge in [-0.25, -0.2) is 0 Å². The van der Waals surface area contributed by atoms with Crippen molar-refractivity contribution in [3.05, 3.63) is 0 Å². The molecular formula is C15H31N. The second kappa shape index (κ2) is 8.11. The standard InChI is InChI=1S/C15H31N/c1-4-7-15(16-12-5-2)14-9-6-8-13(3)10-11-14/h13-16H,4-12H2,1-3H3. The van der Waals surface area contributed by atoms with Gasteiger partial charge in [-0.2, -0.15) is 0 Å². The van der Waals surface area contributed by atoms with Gasteiger partial charge in [-0.3, -0.25) is 0 Å². The fraction of sp³-hybridized carbons (Fsp3) is 1.00. The van der Waals surface area contributed by atoms with Gasteiger partial charge < -0.3 is 5.32 Å². The minimum atomic E-state index is 0.801. The third-order valence-electron chi connectivity index (χ3n) is 4.13. The van der Waals surface area contributed by atoms with E-state index in [1.54, 1.807) is 0 Å². The van der Waals surface area contributed by atoms with Crippen molar-refractivity contribution in [3.8, 4) is 0 Å². The minimum Gasteiger partial charge on any atom is -0.314 e. The molecule has 96 valence electrons. The van der Waals surface area contributed by atoms with Crippen LogP contribution in [0.2, 0.25) is 0 Å². The fourth-order valence-corrected chi connectivity index (χ4v) is 3.06. The van der Waals surface area contributed by atoms with E-state index in [0.29, 0.717) is 0 Å². The van der Waals surface area contributed by atoms with Gasteiger partial charge in [0.25, 0.3) is 0 Å². The highest BCUT2D eigenvalue weighted by molar-refractivity contribution is 4.79. The van der Waals surface area contributed by atoms with Crippen LogP contribution in [0.1, 0.15) is 72.1 Å². The molecule has 3 atom stereocenters. The molecule has 0 aromatic rings. The molecular weight excluding hydrogens is 194 g/mol. The molecule has 3 unspecified atom stereocenters. The normalized spacial score (nSPS) is 28.7. The van der Waals surface area contributed by atoms with Crippen molar-refractivity contribution in [3.63, 3.8) is 0 Å². The van der Waals surface area contributed by atoms with Crippen LogP contribution < -0.4 is 5.32 Å². The predicted molar refractivity (Wildman–Crippen MR) is 72.7 cm³/mol. The first-order valence-electron chi connectivity index (χ1n) is 7.51. The molecule has 1 aliphatic carbocycles. The Morgan fingerprint density at radius 1 is 1.06 bits per heavy atom. The summed E-state index contributed by atoms with van der Waals surface area (Å²) in [6, 6.07) is 0.801. The molecule has 0 saturated heterocycles. The Hall–Kier alpha value is -0.0400. The summed E-state index contributed by atoms with van der Waals surface area (Å²) in [4.78, 5) is 0. The summed E-state index contributed by atoms with van der Waals surface area (Å²) in [6.45, 7) is 8.22. The predicted octanol–water partition coefficient (Wildman–Crippen LogP) is 4.37. The molecule has 0 heterocycles. The van der Waals surface area contributed by atoms with Gasteiger partial charge in [0, 0.05) is 6.04 Å². The van der Waals surface area contributed by atoms with Gasteiger partial charge >= 0.3 is 0 Å². The van der Waals surface area contributed by atoms with Crippen LogP contribution in [0.5, 0.6) is 0 Å². The molecule has 0 amide bonds. The summed E-state index contributed by atoms with van der Waals surface area (Å²) in [5.41, 5.74) is 0. The number of hydrogen-bond acceptors (Lipinski definition) is 1. The van der Waals surface area contributed by atoms with E-state index in [4.69, 9.17) is 0 Å². The topological polar surface area (TPSA) is 12.0 Å². The van der Waals surface area contributed by atoms with Crippen molar-refractivity contribution in [2.75, 3.05) is 6.54 Å². The van der Waals surface area contributed by atoms with Crippen molar-refractivity contribution in [1.29, 1.82) is 0 Å². The molecule has 1 nitrogen and oxygen atoms in total.